The van der Waals surface area contributed by atoms with Crippen LogP contribution in [0.2, 0.25) is 0 Å². The minimum Gasteiger partial charge on any atom is -0.353 e. The molecule has 3 aromatic rings. The van der Waals surface area contributed by atoms with Crippen molar-refractivity contribution in [1.29, 1.82) is 0 Å². The maximum absolute atomic E-state index is 13.2. The number of thioether (sulfide) groups is 1. The second-order valence-electron chi connectivity index (χ2n) is 9.51. The van der Waals surface area contributed by atoms with E-state index in [-0.39, 0.29) is 17.7 Å². The molecule has 0 saturated carbocycles. The first kappa shape index (κ1) is 26.4. The van der Waals surface area contributed by atoms with E-state index in [0.29, 0.717) is 43.2 Å². The number of aromatic nitrogens is 3. The van der Waals surface area contributed by atoms with Crippen molar-refractivity contribution >= 4 is 40.7 Å². The number of carbonyl (C=O) groups excluding carboxylic acids is 2. The number of thiazole rings is 1. The van der Waals surface area contributed by atoms with Crippen LogP contribution in [0.3, 0.4) is 0 Å². The second-order valence-corrected chi connectivity index (χ2v) is 11.4. The number of hydrogen-bond donors (Lipinski definition) is 0. The lowest BCUT2D eigenvalue weighted by Gasteiger charge is -2.35. The Kier molecular flexibility index (Phi) is 8.38. The summed E-state index contributed by atoms with van der Waals surface area (Å²) in [6, 6.07) is 9.69. The molecule has 0 atom stereocenters. The summed E-state index contributed by atoms with van der Waals surface area (Å²) in [5.41, 5.74) is 2.18. The summed E-state index contributed by atoms with van der Waals surface area (Å²) in [6.45, 7) is 9.92. The zero-order valence-electron chi connectivity index (χ0n) is 21.6. The first-order valence-electron chi connectivity index (χ1n) is 12.9. The van der Waals surface area contributed by atoms with Crippen molar-refractivity contribution in [3.8, 4) is 0 Å². The van der Waals surface area contributed by atoms with Crippen LogP contribution in [-0.4, -0.2) is 81.6 Å². The number of anilines is 1. The number of pyridine rings is 2. The molecule has 198 valence electrons. The monoisotopic (exact) mass is 548 g/mol. The summed E-state index contributed by atoms with van der Waals surface area (Å²) >= 11 is 3.09. The van der Waals surface area contributed by atoms with Crippen molar-refractivity contribution in [3.63, 3.8) is 0 Å². The molecule has 5 rings (SSSR count). The van der Waals surface area contributed by atoms with Crippen LogP contribution in [0, 0.1) is 6.92 Å². The van der Waals surface area contributed by atoms with E-state index in [1.54, 1.807) is 17.5 Å². The van der Waals surface area contributed by atoms with Crippen molar-refractivity contribution in [2.45, 2.75) is 30.7 Å². The molecule has 10 heteroatoms. The van der Waals surface area contributed by atoms with Crippen LogP contribution in [0.5, 0.6) is 0 Å². The number of piperazine rings is 1. The normalized spacial score (nSPS) is 16.5. The van der Waals surface area contributed by atoms with Gasteiger partial charge in [0.25, 0.3) is 11.8 Å². The maximum atomic E-state index is 13.2. The van der Waals surface area contributed by atoms with Crippen molar-refractivity contribution in [3.05, 3.63) is 76.5 Å². The number of piperidine rings is 1. The van der Waals surface area contributed by atoms with Gasteiger partial charge in [-0.15, -0.1) is 29.7 Å². The SMILES string of the molecule is C=CCSc1ncccc1C(=O)N1CCC(c2nc(C(=O)N3CCN(c4cccc(C)n4)CC3)cs2)CC1. The van der Waals surface area contributed by atoms with E-state index in [0.717, 1.165) is 47.5 Å². The van der Waals surface area contributed by atoms with Gasteiger partial charge >= 0.3 is 0 Å². The Morgan fingerprint density at radius 3 is 2.53 bits per heavy atom. The third-order valence-electron chi connectivity index (χ3n) is 6.98. The molecular weight excluding hydrogens is 516 g/mol. The molecule has 2 aliphatic rings. The van der Waals surface area contributed by atoms with Crippen LogP contribution in [0.1, 0.15) is 50.3 Å². The molecule has 2 fully saturated rings. The molecule has 38 heavy (non-hydrogen) atoms. The fourth-order valence-electron chi connectivity index (χ4n) is 4.89. The highest BCUT2D eigenvalue weighted by Gasteiger charge is 2.29. The van der Waals surface area contributed by atoms with E-state index in [9.17, 15) is 9.59 Å². The van der Waals surface area contributed by atoms with Gasteiger partial charge in [-0.2, -0.15) is 0 Å². The molecule has 0 unspecified atom stereocenters. The summed E-state index contributed by atoms with van der Waals surface area (Å²) in [4.78, 5) is 46.1. The largest absolute Gasteiger partial charge is 0.353 e. The molecule has 0 N–H and O–H groups in total. The lowest BCUT2D eigenvalue weighted by Crippen LogP contribution is -2.49. The topological polar surface area (TPSA) is 82.5 Å². The van der Waals surface area contributed by atoms with E-state index in [4.69, 9.17) is 4.98 Å². The molecule has 0 radical (unpaired) electrons. The zero-order chi connectivity index (χ0) is 26.5. The Morgan fingerprint density at radius 1 is 1.03 bits per heavy atom. The standard InChI is InChI=1S/C28H32N6O2S2/c1-3-18-37-26-22(7-5-11-29-26)27(35)33-12-9-21(10-13-33)25-31-23(19-38-25)28(36)34-16-14-32(15-17-34)24-8-4-6-20(2)30-24/h3-8,11,19,21H,1,9-10,12-18H2,2H3. The highest BCUT2D eigenvalue weighted by molar-refractivity contribution is 7.99. The first-order chi connectivity index (χ1) is 18.5. The summed E-state index contributed by atoms with van der Waals surface area (Å²) in [6.07, 6.45) is 5.21. The number of amides is 2. The van der Waals surface area contributed by atoms with E-state index >= 15 is 0 Å². The Bertz CT molecular complexity index is 1300. The van der Waals surface area contributed by atoms with Gasteiger partial charge in [-0.05, 0) is 44.0 Å². The second kappa shape index (κ2) is 12.1. The van der Waals surface area contributed by atoms with E-state index in [1.807, 2.05) is 58.5 Å². The third kappa shape index (κ3) is 5.91. The van der Waals surface area contributed by atoms with Crippen molar-refractivity contribution < 1.29 is 9.59 Å². The molecule has 2 aliphatic heterocycles. The average molecular weight is 549 g/mol. The Balaban J connectivity index is 1.15. The van der Waals surface area contributed by atoms with Gasteiger partial charge in [0.2, 0.25) is 0 Å². The predicted molar refractivity (Wildman–Crippen MR) is 152 cm³/mol. The fraction of sp³-hybridized carbons (Fsp3) is 0.393. The lowest BCUT2D eigenvalue weighted by atomic mass is 9.97. The number of nitrogens with zero attached hydrogens (tertiary/aromatic N) is 6. The highest BCUT2D eigenvalue weighted by Crippen LogP contribution is 2.32. The van der Waals surface area contributed by atoms with Gasteiger partial charge in [-0.25, -0.2) is 15.0 Å². The average Bonchev–Trinajstić information content (AvgIpc) is 3.46. The predicted octanol–water partition coefficient (Wildman–Crippen LogP) is 4.50. The summed E-state index contributed by atoms with van der Waals surface area (Å²) in [5.74, 6) is 1.96. The molecule has 2 saturated heterocycles. The Morgan fingerprint density at radius 2 is 1.79 bits per heavy atom. The molecule has 0 spiro atoms. The first-order valence-corrected chi connectivity index (χ1v) is 14.8. The minimum absolute atomic E-state index is 0.00176. The third-order valence-corrected chi connectivity index (χ3v) is 8.98. The van der Waals surface area contributed by atoms with E-state index in [1.165, 1.54) is 11.8 Å². The zero-order valence-corrected chi connectivity index (χ0v) is 23.2. The molecule has 8 nitrogen and oxygen atoms in total. The van der Waals surface area contributed by atoms with Gasteiger partial charge in [0, 0.05) is 68.2 Å². The minimum atomic E-state index is -0.00176. The van der Waals surface area contributed by atoms with Gasteiger partial charge in [0.05, 0.1) is 10.6 Å². The number of hydrogen-bond acceptors (Lipinski definition) is 8. The highest BCUT2D eigenvalue weighted by atomic mass is 32.2. The molecule has 0 aromatic carbocycles. The van der Waals surface area contributed by atoms with Gasteiger partial charge in [-0.1, -0.05) is 12.1 Å². The van der Waals surface area contributed by atoms with Crippen LogP contribution < -0.4 is 4.90 Å². The van der Waals surface area contributed by atoms with Crippen LogP contribution in [-0.2, 0) is 0 Å². The van der Waals surface area contributed by atoms with Crippen molar-refractivity contribution in [2.75, 3.05) is 49.9 Å². The molecular formula is C28H32N6O2S2. The van der Waals surface area contributed by atoms with Crippen LogP contribution in [0.25, 0.3) is 0 Å². The number of carbonyl (C=O) groups is 2. The van der Waals surface area contributed by atoms with Gasteiger partial charge in [0.15, 0.2) is 0 Å². The lowest BCUT2D eigenvalue weighted by molar-refractivity contribution is 0.0708. The van der Waals surface area contributed by atoms with Crippen LogP contribution in [0.15, 0.2) is 59.6 Å². The van der Waals surface area contributed by atoms with E-state index in [2.05, 4.69) is 21.4 Å². The van der Waals surface area contributed by atoms with Crippen molar-refractivity contribution in [1.82, 2.24) is 24.8 Å². The van der Waals surface area contributed by atoms with Gasteiger partial charge < -0.3 is 14.7 Å². The van der Waals surface area contributed by atoms with Gasteiger partial charge in [-0.3, -0.25) is 9.59 Å². The summed E-state index contributed by atoms with van der Waals surface area (Å²) in [5, 5.41) is 3.63. The summed E-state index contributed by atoms with van der Waals surface area (Å²) < 4.78 is 0. The number of aryl methyl sites for hydroxylation is 1. The number of likely N-dealkylation sites (tertiary alicyclic amines) is 1. The number of rotatable bonds is 7. The maximum Gasteiger partial charge on any atom is 0.273 e. The molecule has 0 bridgehead atoms. The molecule has 0 aliphatic carbocycles. The molecule has 2 amide bonds. The Hall–Kier alpha value is -3.24. The van der Waals surface area contributed by atoms with Gasteiger partial charge in [0.1, 0.15) is 16.5 Å². The molecule has 3 aromatic heterocycles. The van der Waals surface area contributed by atoms with Crippen LogP contribution >= 0.6 is 23.1 Å². The quantitative estimate of drug-likeness (QED) is 0.318. The Labute approximate surface area is 231 Å². The molecule has 5 heterocycles. The van der Waals surface area contributed by atoms with Crippen LogP contribution in [0.4, 0.5) is 5.82 Å². The van der Waals surface area contributed by atoms with Crippen molar-refractivity contribution in [2.24, 2.45) is 0 Å². The fourth-order valence-corrected chi connectivity index (χ4v) is 6.57. The summed E-state index contributed by atoms with van der Waals surface area (Å²) in [7, 11) is 0. The smallest absolute Gasteiger partial charge is 0.273 e. The van der Waals surface area contributed by atoms with E-state index < -0.39 is 0 Å².